The van der Waals surface area contributed by atoms with E-state index in [1.54, 1.807) is 85.8 Å². The maximum atomic E-state index is 6.37. The zero-order valence-corrected chi connectivity index (χ0v) is 18.0. The molecule has 0 saturated heterocycles. The Hall–Kier alpha value is -2.18. The molecule has 0 amide bonds. The molecule has 1 heterocycles. The van der Waals surface area contributed by atoms with Crippen LogP contribution in [0.4, 0.5) is 0 Å². The fourth-order valence-corrected chi connectivity index (χ4v) is 3.17. The fourth-order valence-electron chi connectivity index (χ4n) is 2.54. The van der Waals surface area contributed by atoms with Gasteiger partial charge in [-0.05, 0) is 56.3 Å². The minimum atomic E-state index is -0.626. The van der Waals surface area contributed by atoms with Crippen LogP contribution in [-0.2, 0) is 9.47 Å². The Bertz CT molecular complexity index is 960. The molecule has 3 aromatic rings. The van der Waals surface area contributed by atoms with Crippen LogP contribution in [0, 0.1) is 0 Å². The molecule has 0 fully saturated rings. The molecule has 1 aromatic heterocycles. The van der Waals surface area contributed by atoms with Gasteiger partial charge in [0, 0.05) is 28.0 Å². The number of benzene rings is 2. The van der Waals surface area contributed by atoms with E-state index in [-0.39, 0.29) is 0 Å². The number of imidazole rings is 1. The summed E-state index contributed by atoms with van der Waals surface area (Å²) in [6.45, 7) is 3.55. The van der Waals surface area contributed by atoms with E-state index in [4.69, 9.17) is 49.0 Å². The van der Waals surface area contributed by atoms with Crippen LogP contribution in [-0.4, -0.2) is 22.1 Å². The predicted octanol–water partition coefficient (Wildman–Crippen LogP) is 6.60. The lowest BCUT2D eigenvalue weighted by Crippen LogP contribution is -2.24. The number of halogens is 3. The van der Waals surface area contributed by atoms with Crippen LogP contribution in [0.15, 0.2) is 61.2 Å². The Balaban J connectivity index is 1.72. The molecule has 152 valence electrons. The van der Waals surface area contributed by atoms with Crippen LogP contribution in [0.5, 0.6) is 5.75 Å². The van der Waals surface area contributed by atoms with E-state index in [1.807, 2.05) is 0 Å². The molecule has 2 unspecified atom stereocenters. The van der Waals surface area contributed by atoms with Crippen molar-refractivity contribution in [3.63, 3.8) is 0 Å². The van der Waals surface area contributed by atoms with E-state index in [2.05, 4.69) is 4.98 Å². The third-order valence-corrected chi connectivity index (χ3v) is 4.58. The average molecular weight is 454 g/mol. The van der Waals surface area contributed by atoms with E-state index in [9.17, 15) is 0 Å². The van der Waals surface area contributed by atoms with Gasteiger partial charge in [-0.25, -0.2) is 4.98 Å². The Kier molecular flexibility index (Phi) is 7.45. The standard InChI is InChI=1S/C21H19Cl3N2O3/c1-14(28-18-6-3-16(22)4-7-18)27-15(2)29-21(12-26-10-9-25-13-26)19-8-5-17(23)11-20(19)24/h3-15H,1-2H3. The van der Waals surface area contributed by atoms with Crippen LogP contribution in [0.2, 0.25) is 15.1 Å². The molecule has 29 heavy (non-hydrogen) atoms. The number of nitrogens with zero attached hydrogens (tertiary/aromatic N) is 2. The molecular formula is C21H19Cl3N2O3. The summed E-state index contributed by atoms with van der Waals surface area (Å²) in [6.07, 6.45) is 5.67. The van der Waals surface area contributed by atoms with Gasteiger partial charge in [-0.15, -0.1) is 0 Å². The van der Waals surface area contributed by atoms with Crippen molar-refractivity contribution in [3.05, 3.63) is 81.8 Å². The summed E-state index contributed by atoms with van der Waals surface area (Å²) in [5.41, 5.74) is 0.673. The van der Waals surface area contributed by atoms with E-state index in [0.29, 0.717) is 32.1 Å². The molecule has 2 aromatic carbocycles. The Labute approximate surface area is 184 Å². The third-order valence-electron chi connectivity index (χ3n) is 3.78. The molecule has 5 nitrogen and oxygen atoms in total. The molecule has 0 aliphatic heterocycles. The number of hydrogen-bond acceptors (Lipinski definition) is 4. The van der Waals surface area contributed by atoms with Crippen molar-refractivity contribution in [3.8, 4) is 5.75 Å². The third kappa shape index (κ3) is 6.41. The van der Waals surface area contributed by atoms with Crippen molar-refractivity contribution < 1.29 is 14.2 Å². The molecule has 2 atom stereocenters. The topological polar surface area (TPSA) is 45.5 Å². The van der Waals surface area contributed by atoms with Gasteiger partial charge < -0.3 is 18.8 Å². The Morgan fingerprint density at radius 2 is 1.72 bits per heavy atom. The quantitative estimate of drug-likeness (QED) is 0.284. The molecule has 0 radical (unpaired) electrons. The maximum Gasteiger partial charge on any atom is 0.200 e. The Morgan fingerprint density at radius 1 is 1.00 bits per heavy atom. The molecule has 0 spiro atoms. The van der Waals surface area contributed by atoms with Gasteiger partial charge in [0.05, 0.1) is 17.5 Å². The summed E-state index contributed by atoms with van der Waals surface area (Å²) >= 11 is 18.3. The second-order valence-electron chi connectivity index (χ2n) is 6.09. The smallest absolute Gasteiger partial charge is 0.200 e. The van der Waals surface area contributed by atoms with Gasteiger partial charge in [-0.3, -0.25) is 0 Å². The number of ether oxygens (including phenoxy) is 3. The van der Waals surface area contributed by atoms with Gasteiger partial charge >= 0.3 is 0 Å². The van der Waals surface area contributed by atoms with Crippen LogP contribution in [0.1, 0.15) is 19.4 Å². The van der Waals surface area contributed by atoms with Gasteiger partial charge in [-0.1, -0.05) is 34.8 Å². The first-order chi connectivity index (χ1) is 13.9. The summed E-state index contributed by atoms with van der Waals surface area (Å²) in [5.74, 6) is 1.14. The first-order valence-corrected chi connectivity index (χ1v) is 9.93. The fraction of sp³-hybridized carbons (Fsp3) is 0.190. The predicted molar refractivity (Wildman–Crippen MR) is 116 cm³/mol. The van der Waals surface area contributed by atoms with Crippen molar-refractivity contribution in [1.29, 1.82) is 0 Å². The SMILES string of the molecule is CC(OC(=Cn1ccnc1)c1ccc(Cl)cc1Cl)OC(C)Oc1ccc(Cl)cc1. The van der Waals surface area contributed by atoms with Crippen molar-refractivity contribution >= 4 is 46.8 Å². The van der Waals surface area contributed by atoms with E-state index in [1.165, 1.54) is 0 Å². The normalized spacial score (nSPS) is 13.8. The van der Waals surface area contributed by atoms with Crippen molar-refractivity contribution in [2.24, 2.45) is 0 Å². The highest BCUT2D eigenvalue weighted by Crippen LogP contribution is 2.29. The first-order valence-electron chi connectivity index (χ1n) is 8.80. The largest absolute Gasteiger partial charge is 0.465 e. The van der Waals surface area contributed by atoms with Gasteiger partial charge in [-0.2, -0.15) is 0 Å². The molecule has 0 aliphatic rings. The van der Waals surface area contributed by atoms with Crippen LogP contribution >= 0.6 is 34.8 Å². The highest BCUT2D eigenvalue weighted by atomic mass is 35.5. The lowest BCUT2D eigenvalue weighted by Gasteiger charge is -2.23. The van der Waals surface area contributed by atoms with Crippen LogP contribution in [0.25, 0.3) is 12.0 Å². The minimum absolute atomic E-state index is 0.460. The summed E-state index contributed by atoms with van der Waals surface area (Å²) in [6, 6.07) is 12.2. The number of aromatic nitrogens is 2. The van der Waals surface area contributed by atoms with Crippen molar-refractivity contribution in [2.75, 3.05) is 0 Å². The first kappa shape index (κ1) is 21.5. The highest BCUT2D eigenvalue weighted by molar-refractivity contribution is 6.35. The second kappa shape index (κ2) is 10.0. The number of hydrogen-bond donors (Lipinski definition) is 0. The molecule has 3 rings (SSSR count). The van der Waals surface area contributed by atoms with Crippen LogP contribution < -0.4 is 4.74 Å². The monoisotopic (exact) mass is 452 g/mol. The highest BCUT2D eigenvalue weighted by Gasteiger charge is 2.16. The van der Waals surface area contributed by atoms with E-state index in [0.717, 1.165) is 0 Å². The van der Waals surface area contributed by atoms with Crippen molar-refractivity contribution in [1.82, 2.24) is 9.55 Å². The molecule has 8 heteroatoms. The zero-order valence-electron chi connectivity index (χ0n) is 15.8. The van der Waals surface area contributed by atoms with Gasteiger partial charge in [0.1, 0.15) is 11.5 Å². The molecular weight excluding hydrogens is 435 g/mol. The number of rotatable bonds is 8. The minimum Gasteiger partial charge on any atom is -0.465 e. The zero-order chi connectivity index (χ0) is 20.8. The van der Waals surface area contributed by atoms with Crippen molar-refractivity contribution in [2.45, 2.75) is 26.4 Å². The summed E-state index contributed by atoms with van der Waals surface area (Å²) in [4.78, 5) is 4.03. The van der Waals surface area contributed by atoms with E-state index < -0.39 is 12.6 Å². The molecule has 0 N–H and O–H groups in total. The average Bonchev–Trinajstić information content (AvgIpc) is 3.16. The van der Waals surface area contributed by atoms with Gasteiger partial charge in [0.25, 0.3) is 0 Å². The summed E-state index contributed by atoms with van der Waals surface area (Å²) in [5, 5.41) is 1.63. The molecule has 0 aliphatic carbocycles. The second-order valence-corrected chi connectivity index (χ2v) is 7.37. The van der Waals surface area contributed by atoms with Gasteiger partial charge in [0.2, 0.25) is 12.6 Å². The lowest BCUT2D eigenvalue weighted by atomic mass is 10.2. The summed E-state index contributed by atoms with van der Waals surface area (Å²) < 4.78 is 19.3. The van der Waals surface area contributed by atoms with Crippen LogP contribution in [0.3, 0.4) is 0 Å². The molecule has 0 bridgehead atoms. The molecule has 0 saturated carbocycles. The maximum absolute atomic E-state index is 6.37. The Morgan fingerprint density at radius 3 is 2.38 bits per heavy atom. The van der Waals surface area contributed by atoms with E-state index >= 15 is 0 Å². The van der Waals surface area contributed by atoms with Gasteiger partial charge in [0.15, 0.2) is 0 Å². The lowest BCUT2D eigenvalue weighted by molar-refractivity contribution is -0.177. The summed E-state index contributed by atoms with van der Waals surface area (Å²) in [7, 11) is 0.